The smallest absolute Gasteiger partial charge is 0.330 e. The molecule has 0 heterocycles. The number of hydrogen-bond donors (Lipinski definition) is 0. The highest BCUT2D eigenvalue weighted by Crippen LogP contribution is 2.13. The van der Waals surface area contributed by atoms with E-state index in [4.69, 9.17) is 4.74 Å². The van der Waals surface area contributed by atoms with Gasteiger partial charge in [-0.1, -0.05) is 72.8 Å². The number of alkyl halides is 1. The second kappa shape index (κ2) is 7.48. The maximum absolute atomic E-state index is 11.4. The van der Waals surface area contributed by atoms with Crippen LogP contribution < -0.4 is 0 Å². The molecule has 0 N–H and O–H groups in total. The Labute approximate surface area is 116 Å². The lowest BCUT2D eigenvalue weighted by molar-refractivity contribution is -0.139. The van der Waals surface area contributed by atoms with Gasteiger partial charge in [0.05, 0.1) is 0 Å². The molecule has 0 aromatic heterocycles. The van der Waals surface area contributed by atoms with Gasteiger partial charge >= 0.3 is 5.97 Å². The van der Waals surface area contributed by atoms with Gasteiger partial charge in [-0.3, -0.25) is 0 Å². The van der Waals surface area contributed by atoms with Crippen LogP contribution in [0, 0.1) is 5.92 Å². The van der Waals surface area contributed by atoms with Gasteiger partial charge in [-0.2, -0.15) is 0 Å². The first-order valence-corrected chi connectivity index (χ1v) is 6.87. The van der Waals surface area contributed by atoms with E-state index in [1.165, 1.54) is 6.08 Å². The Hall–Kier alpha value is -0.840. The van der Waals surface area contributed by atoms with Gasteiger partial charge in [-0.15, -0.1) is 0 Å². The first-order valence-electron chi connectivity index (χ1n) is 5.62. The van der Waals surface area contributed by atoms with Crippen LogP contribution in [0.2, 0.25) is 0 Å². The molecule has 0 aliphatic rings. The molecule has 17 heavy (non-hydrogen) atoms. The SMILES string of the molecule is C[C@H](I)[C@H](C)/C=C/C(=O)OCc1ccccc1. The largest absolute Gasteiger partial charge is 0.458 e. The standard InChI is InChI=1S/C14H17IO2/c1-11(12(2)15)8-9-14(16)17-10-13-6-4-3-5-7-13/h3-9,11-12H,10H2,1-2H3/b9-8+/t11-,12+/m1/s1. The second-order valence-corrected chi connectivity index (χ2v) is 5.95. The summed E-state index contributed by atoms with van der Waals surface area (Å²) < 4.78 is 5.64. The summed E-state index contributed by atoms with van der Waals surface area (Å²) in [6, 6.07) is 9.67. The third kappa shape index (κ3) is 5.86. The molecular formula is C14H17IO2. The number of hydrogen-bond acceptors (Lipinski definition) is 2. The minimum atomic E-state index is -0.280. The van der Waals surface area contributed by atoms with Gasteiger partial charge in [0.25, 0.3) is 0 Å². The van der Waals surface area contributed by atoms with Crippen LogP contribution in [0.4, 0.5) is 0 Å². The van der Waals surface area contributed by atoms with E-state index < -0.39 is 0 Å². The number of allylic oxidation sites excluding steroid dienone is 1. The Balaban J connectivity index is 2.36. The monoisotopic (exact) mass is 344 g/mol. The predicted molar refractivity (Wildman–Crippen MR) is 78.0 cm³/mol. The second-order valence-electron chi connectivity index (χ2n) is 3.99. The molecule has 0 fully saturated rings. The molecule has 0 unspecified atom stereocenters. The van der Waals surface area contributed by atoms with Crippen LogP contribution >= 0.6 is 22.6 Å². The molecule has 1 aromatic rings. The summed E-state index contributed by atoms with van der Waals surface area (Å²) in [6.07, 6.45) is 3.41. The minimum absolute atomic E-state index is 0.280. The summed E-state index contributed by atoms with van der Waals surface area (Å²) in [7, 11) is 0. The molecule has 0 bridgehead atoms. The summed E-state index contributed by atoms with van der Waals surface area (Å²) in [6.45, 7) is 4.53. The minimum Gasteiger partial charge on any atom is -0.458 e. The number of benzene rings is 1. The lowest BCUT2D eigenvalue weighted by Gasteiger charge is -2.07. The Morgan fingerprint density at radius 2 is 2.00 bits per heavy atom. The van der Waals surface area contributed by atoms with Crippen LogP contribution in [0.1, 0.15) is 19.4 Å². The number of rotatable bonds is 5. The molecule has 0 aliphatic heterocycles. The summed E-state index contributed by atoms with van der Waals surface area (Å²) in [5.74, 6) is 0.0950. The molecule has 0 radical (unpaired) electrons. The molecule has 1 aromatic carbocycles. The van der Waals surface area contributed by atoms with Crippen molar-refractivity contribution in [2.45, 2.75) is 24.4 Å². The molecular weight excluding hydrogens is 327 g/mol. The molecule has 0 saturated heterocycles. The van der Waals surface area contributed by atoms with Crippen LogP contribution in [0.3, 0.4) is 0 Å². The number of carbonyl (C=O) groups is 1. The van der Waals surface area contributed by atoms with Gasteiger partial charge in [-0.05, 0) is 11.5 Å². The van der Waals surface area contributed by atoms with Crippen LogP contribution in [-0.4, -0.2) is 9.89 Å². The van der Waals surface area contributed by atoms with E-state index in [0.717, 1.165) is 5.56 Å². The molecule has 1 rings (SSSR count). The predicted octanol–water partition coefficient (Wildman–Crippen LogP) is 3.75. The lowest BCUT2D eigenvalue weighted by atomic mass is 10.1. The lowest BCUT2D eigenvalue weighted by Crippen LogP contribution is -2.05. The molecule has 0 saturated carbocycles. The van der Waals surface area contributed by atoms with Crippen molar-refractivity contribution in [2.75, 3.05) is 0 Å². The zero-order valence-electron chi connectivity index (χ0n) is 10.1. The van der Waals surface area contributed by atoms with E-state index in [-0.39, 0.29) is 5.97 Å². The molecule has 0 aliphatic carbocycles. The van der Waals surface area contributed by atoms with E-state index in [1.54, 1.807) is 0 Å². The molecule has 2 atom stereocenters. The topological polar surface area (TPSA) is 26.3 Å². The van der Waals surface area contributed by atoms with Gasteiger partial charge in [-0.25, -0.2) is 4.79 Å². The fraction of sp³-hybridized carbons (Fsp3) is 0.357. The summed E-state index contributed by atoms with van der Waals surface area (Å²) >= 11 is 2.34. The zero-order chi connectivity index (χ0) is 12.7. The van der Waals surface area contributed by atoms with Crippen molar-refractivity contribution < 1.29 is 9.53 Å². The Morgan fingerprint density at radius 1 is 1.35 bits per heavy atom. The van der Waals surface area contributed by atoms with Gasteiger partial charge < -0.3 is 4.74 Å². The number of ether oxygens (including phenoxy) is 1. The normalized spacial score (nSPS) is 14.5. The number of esters is 1. The first kappa shape index (κ1) is 14.2. The molecule has 0 amide bonds. The summed E-state index contributed by atoms with van der Waals surface area (Å²) in [4.78, 5) is 11.4. The Bertz CT molecular complexity index is 371. The van der Waals surface area contributed by atoms with Crippen molar-refractivity contribution in [3.05, 3.63) is 48.0 Å². The van der Waals surface area contributed by atoms with Crippen LogP contribution in [0.25, 0.3) is 0 Å². The van der Waals surface area contributed by atoms with Gasteiger partial charge in [0.1, 0.15) is 6.61 Å². The van der Waals surface area contributed by atoms with Crippen LogP contribution in [0.5, 0.6) is 0 Å². The quantitative estimate of drug-likeness (QED) is 0.352. The van der Waals surface area contributed by atoms with E-state index >= 15 is 0 Å². The molecule has 3 heteroatoms. The van der Waals surface area contributed by atoms with Crippen LogP contribution in [0.15, 0.2) is 42.5 Å². The van der Waals surface area contributed by atoms with Crippen molar-refractivity contribution in [3.8, 4) is 0 Å². The summed E-state index contributed by atoms with van der Waals surface area (Å²) in [5, 5.41) is 0. The van der Waals surface area contributed by atoms with Crippen molar-refractivity contribution in [3.63, 3.8) is 0 Å². The average molecular weight is 344 g/mol. The van der Waals surface area contributed by atoms with Crippen molar-refractivity contribution in [1.82, 2.24) is 0 Å². The Morgan fingerprint density at radius 3 is 2.59 bits per heavy atom. The average Bonchev–Trinajstić information content (AvgIpc) is 2.34. The highest BCUT2D eigenvalue weighted by atomic mass is 127. The fourth-order valence-electron chi connectivity index (χ4n) is 1.16. The van der Waals surface area contributed by atoms with Gasteiger partial charge in [0.15, 0.2) is 0 Å². The Kier molecular flexibility index (Phi) is 6.26. The van der Waals surface area contributed by atoms with Crippen molar-refractivity contribution in [2.24, 2.45) is 5.92 Å². The third-order valence-electron chi connectivity index (χ3n) is 2.48. The van der Waals surface area contributed by atoms with E-state index in [2.05, 4.69) is 36.4 Å². The van der Waals surface area contributed by atoms with Gasteiger partial charge in [0.2, 0.25) is 0 Å². The zero-order valence-corrected chi connectivity index (χ0v) is 12.3. The van der Waals surface area contributed by atoms with Gasteiger partial charge in [0, 0.05) is 10.0 Å². The summed E-state index contributed by atoms with van der Waals surface area (Å²) in [5.41, 5.74) is 1.00. The third-order valence-corrected chi connectivity index (χ3v) is 3.62. The highest BCUT2D eigenvalue weighted by Gasteiger charge is 2.05. The molecule has 2 nitrogen and oxygen atoms in total. The maximum Gasteiger partial charge on any atom is 0.330 e. The molecule has 92 valence electrons. The van der Waals surface area contributed by atoms with E-state index in [9.17, 15) is 4.79 Å². The fourth-order valence-corrected chi connectivity index (χ4v) is 1.40. The number of halogens is 1. The first-order chi connectivity index (χ1) is 8.09. The maximum atomic E-state index is 11.4. The highest BCUT2D eigenvalue weighted by molar-refractivity contribution is 14.1. The number of carbonyl (C=O) groups excluding carboxylic acids is 1. The van der Waals surface area contributed by atoms with E-state index in [1.807, 2.05) is 36.4 Å². The van der Waals surface area contributed by atoms with Crippen LogP contribution in [-0.2, 0) is 16.1 Å². The van der Waals surface area contributed by atoms with Crippen molar-refractivity contribution >= 4 is 28.6 Å². The molecule has 0 spiro atoms. The van der Waals surface area contributed by atoms with E-state index in [0.29, 0.717) is 16.4 Å². The van der Waals surface area contributed by atoms with Crippen molar-refractivity contribution in [1.29, 1.82) is 0 Å².